The van der Waals surface area contributed by atoms with Gasteiger partial charge >= 0.3 is 0 Å². The number of carbonyl (C=O) groups excluding carboxylic acids is 1. The number of imidazole rings is 1. The number of hydrogen-bond acceptors (Lipinski definition) is 6. The molecular formula is C10H12ClN7O. The summed E-state index contributed by atoms with van der Waals surface area (Å²) < 4.78 is 1.57. The van der Waals surface area contributed by atoms with Gasteiger partial charge in [0.2, 0.25) is 23.1 Å². The van der Waals surface area contributed by atoms with Gasteiger partial charge in [-0.15, -0.1) is 0 Å². The molecule has 0 aliphatic rings. The zero-order valence-electron chi connectivity index (χ0n) is 10.3. The van der Waals surface area contributed by atoms with Crippen molar-refractivity contribution in [1.29, 1.82) is 0 Å². The topological polar surface area (TPSA) is 112 Å². The van der Waals surface area contributed by atoms with E-state index in [4.69, 9.17) is 17.3 Å². The molecule has 0 aliphatic heterocycles. The Labute approximate surface area is 114 Å². The first-order valence-corrected chi connectivity index (χ1v) is 5.74. The predicted molar refractivity (Wildman–Crippen MR) is 68.9 cm³/mol. The SMILES string of the molecule is CC(C)(Nc1nc(Cl)nc(-n2ccnc2)n1)C(N)=O. The Balaban J connectivity index is 2.35. The van der Waals surface area contributed by atoms with E-state index in [9.17, 15) is 4.79 Å². The molecule has 0 atom stereocenters. The summed E-state index contributed by atoms with van der Waals surface area (Å²) in [7, 11) is 0. The average molecular weight is 282 g/mol. The second-order valence-corrected chi connectivity index (χ2v) is 4.65. The highest BCUT2D eigenvalue weighted by atomic mass is 35.5. The molecule has 2 aromatic heterocycles. The lowest BCUT2D eigenvalue weighted by atomic mass is 10.1. The number of nitrogens with zero attached hydrogens (tertiary/aromatic N) is 5. The summed E-state index contributed by atoms with van der Waals surface area (Å²) in [6.07, 6.45) is 4.77. The highest BCUT2D eigenvalue weighted by Crippen LogP contribution is 2.14. The molecule has 2 heterocycles. The van der Waals surface area contributed by atoms with Crippen LogP contribution in [0.5, 0.6) is 0 Å². The number of rotatable bonds is 4. The van der Waals surface area contributed by atoms with Crippen molar-refractivity contribution >= 4 is 23.5 Å². The number of halogens is 1. The maximum Gasteiger partial charge on any atom is 0.242 e. The molecule has 1 amide bonds. The minimum absolute atomic E-state index is 0.00136. The Bertz CT molecular complexity index is 596. The fourth-order valence-electron chi connectivity index (χ4n) is 1.23. The zero-order chi connectivity index (χ0) is 14.0. The third-order valence-corrected chi connectivity index (χ3v) is 2.54. The van der Waals surface area contributed by atoms with E-state index in [1.54, 1.807) is 30.8 Å². The number of hydrogen-bond donors (Lipinski definition) is 2. The van der Waals surface area contributed by atoms with Crippen molar-refractivity contribution in [3.63, 3.8) is 0 Å². The quantitative estimate of drug-likeness (QED) is 0.838. The lowest BCUT2D eigenvalue weighted by Crippen LogP contribution is -2.45. The van der Waals surface area contributed by atoms with Gasteiger partial charge in [0, 0.05) is 12.4 Å². The van der Waals surface area contributed by atoms with Gasteiger partial charge in [0.15, 0.2) is 0 Å². The van der Waals surface area contributed by atoms with E-state index in [0.29, 0.717) is 5.95 Å². The fraction of sp³-hybridized carbons (Fsp3) is 0.300. The van der Waals surface area contributed by atoms with Crippen LogP contribution in [0.4, 0.5) is 5.95 Å². The van der Waals surface area contributed by atoms with Crippen LogP contribution >= 0.6 is 11.6 Å². The van der Waals surface area contributed by atoms with Crippen molar-refractivity contribution in [3.8, 4) is 5.95 Å². The molecule has 0 saturated heterocycles. The molecule has 2 rings (SSSR count). The highest BCUT2D eigenvalue weighted by molar-refractivity contribution is 6.28. The van der Waals surface area contributed by atoms with E-state index in [2.05, 4.69) is 25.3 Å². The minimum atomic E-state index is -1.00. The summed E-state index contributed by atoms with van der Waals surface area (Å²) in [4.78, 5) is 27.2. The first kappa shape index (κ1) is 13.2. The molecular weight excluding hydrogens is 270 g/mol. The monoisotopic (exact) mass is 281 g/mol. The summed E-state index contributed by atoms with van der Waals surface area (Å²) in [5.74, 6) is -0.0824. The van der Waals surface area contributed by atoms with E-state index >= 15 is 0 Å². The van der Waals surface area contributed by atoms with Crippen LogP contribution < -0.4 is 11.1 Å². The van der Waals surface area contributed by atoms with E-state index in [-0.39, 0.29) is 11.2 Å². The Morgan fingerprint density at radius 1 is 1.42 bits per heavy atom. The Kier molecular flexibility index (Phi) is 3.34. The number of primary amides is 1. The first-order chi connectivity index (χ1) is 8.88. The number of nitrogens with two attached hydrogens (primary N) is 1. The summed E-state index contributed by atoms with van der Waals surface area (Å²) in [5, 5.41) is 2.81. The van der Waals surface area contributed by atoms with Crippen LogP contribution in [0, 0.1) is 0 Å². The summed E-state index contributed by atoms with van der Waals surface area (Å²) >= 11 is 5.82. The van der Waals surface area contributed by atoms with Crippen LogP contribution in [0.15, 0.2) is 18.7 Å². The minimum Gasteiger partial charge on any atom is -0.368 e. The van der Waals surface area contributed by atoms with Crippen LogP contribution in [-0.2, 0) is 4.79 Å². The van der Waals surface area contributed by atoms with Gasteiger partial charge in [0.1, 0.15) is 11.9 Å². The maximum atomic E-state index is 11.3. The molecule has 0 saturated carbocycles. The lowest BCUT2D eigenvalue weighted by Gasteiger charge is -2.22. The van der Waals surface area contributed by atoms with Gasteiger partial charge in [-0.3, -0.25) is 9.36 Å². The van der Waals surface area contributed by atoms with E-state index in [1.807, 2.05) is 0 Å². The molecule has 3 N–H and O–H groups in total. The average Bonchev–Trinajstić information content (AvgIpc) is 2.80. The third-order valence-electron chi connectivity index (χ3n) is 2.37. The number of anilines is 1. The lowest BCUT2D eigenvalue weighted by molar-refractivity contribution is -0.121. The van der Waals surface area contributed by atoms with Crippen LogP contribution in [0.2, 0.25) is 5.28 Å². The largest absolute Gasteiger partial charge is 0.368 e. The molecule has 0 radical (unpaired) electrons. The van der Waals surface area contributed by atoms with Crippen molar-refractivity contribution < 1.29 is 4.79 Å². The van der Waals surface area contributed by atoms with E-state index in [0.717, 1.165) is 0 Å². The van der Waals surface area contributed by atoms with Gasteiger partial charge in [0.25, 0.3) is 0 Å². The molecule has 0 aliphatic carbocycles. The van der Waals surface area contributed by atoms with Gasteiger partial charge < -0.3 is 11.1 Å². The molecule has 0 spiro atoms. The summed E-state index contributed by atoms with van der Waals surface area (Å²) in [5.41, 5.74) is 4.26. The smallest absolute Gasteiger partial charge is 0.242 e. The Morgan fingerprint density at radius 2 is 2.16 bits per heavy atom. The fourth-order valence-corrected chi connectivity index (χ4v) is 1.39. The van der Waals surface area contributed by atoms with Crippen molar-refractivity contribution in [2.24, 2.45) is 5.73 Å². The molecule has 8 nitrogen and oxygen atoms in total. The predicted octanol–water partition coefficient (Wildman–Crippen LogP) is 0.386. The van der Waals surface area contributed by atoms with Gasteiger partial charge in [-0.2, -0.15) is 15.0 Å². The standard InChI is InChI=1S/C10H12ClN7O/c1-10(2,6(12)19)17-8-14-7(11)15-9(16-8)18-4-3-13-5-18/h3-5H,1-2H3,(H2,12,19)(H,14,15,16,17). The van der Waals surface area contributed by atoms with Crippen molar-refractivity contribution in [2.75, 3.05) is 5.32 Å². The van der Waals surface area contributed by atoms with Crippen LogP contribution in [0.1, 0.15) is 13.8 Å². The third kappa shape index (κ3) is 2.97. The van der Waals surface area contributed by atoms with Crippen molar-refractivity contribution in [3.05, 3.63) is 24.0 Å². The number of aromatic nitrogens is 5. The second-order valence-electron chi connectivity index (χ2n) is 4.31. The molecule has 100 valence electrons. The van der Waals surface area contributed by atoms with Gasteiger partial charge in [-0.05, 0) is 25.4 Å². The molecule has 19 heavy (non-hydrogen) atoms. The van der Waals surface area contributed by atoms with Crippen LogP contribution in [0.3, 0.4) is 0 Å². The van der Waals surface area contributed by atoms with Crippen LogP contribution in [0.25, 0.3) is 5.95 Å². The van der Waals surface area contributed by atoms with Gasteiger partial charge in [-0.25, -0.2) is 4.98 Å². The Morgan fingerprint density at radius 3 is 2.74 bits per heavy atom. The normalized spacial score (nSPS) is 11.3. The second kappa shape index (κ2) is 4.81. The molecule has 2 aromatic rings. The summed E-state index contributed by atoms with van der Waals surface area (Å²) in [6.45, 7) is 3.23. The maximum absolute atomic E-state index is 11.3. The molecule has 0 bridgehead atoms. The number of carbonyl (C=O) groups is 1. The van der Waals surface area contributed by atoms with E-state index < -0.39 is 11.4 Å². The zero-order valence-corrected chi connectivity index (χ0v) is 11.1. The van der Waals surface area contributed by atoms with Gasteiger partial charge in [-0.1, -0.05) is 0 Å². The number of nitrogens with one attached hydrogen (secondary N) is 1. The highest BCUT2D eigenvalue weighted by Gasteiger charge is 2.26. The molecule has 0 unspecified atom stereocenters. The van der Waals surface area contributed by atoms with Crippen molar-refractivity contribution in [2.45, 2.75) is 19.4 Å². The molecule has 9 heteroatoms. The number of amides is 1. The molecule has 0 aromatic carbocycles. The Hall–Kier alpha value is -2.22. The van der Waals surface area contributed by atoms with Gasteiger partial charge in [0.05, 0.1) is 0 Å². The van der Waals surface area contributed by atoms with E-state index in [1.165, 1.54) is 6.33 Å². The first-order valence-electron chi connectivity index (χ1n) is 5.36. The molecule has 0 fully saturated rings. The van der Waals surface area contributed by atoms with Crippen LogP contribution in [-0.4, -0.2) is 35.9 Å². The summed E-state index contributed by atoms with van der Waals surface area (Å²) in [6, 6.07) is 0. The van der Waals surface area contributed by atoms with Crippen molar-refractivity contribution in [1.82, 2.24) is 24.5 Å².